The maximum Gasteiger partial charge on any atom is 0.315 e. The summed E-state index contributed by atoms with van der Waals surface area (Å²) >= 11 is 0. The fourth-order valence-electron chi connectivity index (χ4n) is 4.11. The number of aryl methyl sites for hydroxylation is 1. The van der Waals surface area contributed by atoms with Gasteiger partial charge in [-0.15, -0.1) is 0 Å². The Balaban J connectivity index is 1.47. The lowest BCUT2D eigenvalue weighted by molar-refractivity contribution is -0.169. The van der Waals surface area contributed by atoms with Crippen LogP contribution < -0.4 is 10.6 Å². The minimum atomic E-state index is -0.688. The third-order valence-electron chi connectivity index (χ3n) is 5.75. The highest BCUT2D eigenvalue weighted by Gasteiger charge is 2.59. The molecule has 3 unspecified atom stereocenters. The fraction of sp³-hybridized carbons (Fsp3) is 0.632. The molecule has 24 heavy (non-hydrogen) atoms. The van der Waals surface area contributed by atoms with Gasteiger partial charge in [0.1, 0.15) is 0 Å². The maximum absolute atomic E-state index is 12.2. The van der Waals surface area contributed by atoms with E-state index in [-0.39, 0.29) is 24.0 Å². The second-order valence-corrected chi connectivity index (χ2v) is 7.05. The van der Waals surface area contributed by atoms with Crippen LogP contribution >= 0.6 is 0 Å². The predicted octanol–water partition coefficient (Wildman–Crippen LogP) is 2.68. The summed E-state index contributed by atoms with van der Waals surface area (Å²) in [6.45, 7) is 4.92. The van der Waals surface area contributed by atoms with Crippen molar-refractivity contribution in [2.75, 3.05) is 13.2 Å². The Morgan fingerprint density at radius 3 is 2.79 bits per heavy atom. The molecule has 0 aromatic heterocycles. The molecular formula is C19H28N2O3. The number of ether oxygens (including phenoxy) is 1. The van der Waals surface area contributed by atoms with Gasteiger partial charge in [0, 0.05) is 24.6 Å². The minimum absolute atomic E-state index is 0.155. The van der Waals surface area contributed by atoms with Crippen LogP contribution in [0.5, 0.6) is 0 Å². The first-order valence-electron chi connectivity index (χ1n) is 8.96. The number of hydrogen-bond donors (Lipinski definition) is 3. The van der Waals surface area contributed by atoms with Gasteiger partial charge in [-0.05, 0) is 44.2 Å². The van der Waals surface area contributed by atoms with E-state index in [4.69, 9.17) is 4.74 Å². The monoisotopic (exact) mass is 332 g/mol. The van der Waals surface area contributed by atoms with Crippen molar-refractivity contribution < 1.29 is 14.6 Å². The van der Waals surface area contributed by atoms with Crippen LogP contribution in [0.25, 0.3) is 0 Å². The van der Waals surface area contributed by atoms with Crippen molar-refractivity contribution in [2.24, 2.45) is 5.41 Å². The number of nitrogens with one attached hydrogen (secondary N) is 2. The summed E-state index contributed by atoms with van der Waals surface area (Å²) in [7, 11) is 0. The summed E-state index contributed by atoms with van der Waals surface area (Å²) in [5.74, 6) is 0. The lowest BCUT2D eigenvalue weighted by atomic mass is 9.51. The molecule has 1 spiro atoms. The normalized spacial score (nSPS) is 25.5. The highest BCUT2D eigenvalue weighted by atomic mass is 16.5. The topological polar surface area (TPSA) is 70.6 Å². The van der Waals surface area contributed by atoms with Crippen LogP contribution in [-0.2, 0) is 4.74 Å². The number of hydrogen-bond acceptors (Lipinski definition) is 3. The Hall–Kier alpha value is -1.59. The van der Waals surface area contributed by atoms with E-state index in [1.165, 1.54) is 6.42 Å². The number of benzene rings is 1. The molecular weight excluding hydrogens is 304 g/mol. The number of rotatable bonds is 6. The molecule has 3 rings (SSSR count). The van der Waals surface area contributed by atoms with Crippen LogP contribution in [-0.4, -0.2) is 36.4 Å². The highest BCUT2D eigenvalue weighted by molar-refractivity contribution is 5.74. The van der Waals surface area contributed by atoms with Crippen molar-refractivity contribution >= 4 is 6.03 Å². The first-order valence-corrected chi connectivity index (χ1v) is 8.96. The van der Waals surface area contributed by atoms with Crippen molar-refractivity contribution in [1.82, 2.24) is 10.6 Å². The zero-order valence-electron chi connectivity index (χ0n) is 14.5. The van der Waals surface area contributed by atoms with Gasteiger partial charge < -0.3 is 20.5 Å². The van der Waals surface area contributed by atoms with Crippen LogP contribution in [0.2, 0.25) is 0 Å². The molecule has 0 bridgehead atoms. The zero-order chi connectivity index (χ0) is 17.2. The summed E-state index contributed by atoms with van der Waals surface area (Å²) in [6.07, 6.45) is 3.98. The molecule has 2 amide bonds. The Morgan fingerprint density at radius 2 is 2.17 bits per heavy atom. The molecule has 0 radical (unpaired) electrons. The van der Waals surface area contributed by atoms with Gasteiger partial charge in [-0.25, -0.2) is 4.79 Å². The summed E-state index contributed by atoms with van der Waals surface area (Å²) in [6, 6.07) is 7.68. The van der Waals surface area contributed by atoms with Crippen molar-refractivity contribution in [3.05, 3.63) is 35.4 Å². The quantitative estimate of drug-likeness (QED) is 0.750. The van der Waals surface area contributed by atoms with Gasteiger partial charge in [-0.3, -0.25) is 0 Å². The van der Waals surface area contributed by atoms with E-state index in [1.54, 1.807) is 0 Å². The Kier molecular flexibility index (Phi) is 5.11. The molecule has 3 N–H and O–H groups in total. The van der Waals surface area contributed by atoms with Crippen molar-refractivity contribution in [1.29, 1.82) is 0 Å². The third-order valence-corrected chi connectivity index (χ3v) is 5.75. The van der Waals surface area contributed by atoms with Crippen molar-refractivity contribution in [3.63, 3.8) is 0 Å². The number of urea groups is 1. The van der Waals surface area contributed by atoms with E-state index in [0.717, 1.165) is 37.0 Å². The molecule has 5 nitrogen and oxygen atoms in total. The number of amides is 2. The predicted molar refractivity (Wildman–Crippen MR) is 92.8 cm³/mol. The SMILES string of the molecule is CCOC1CC(NC(=O)NCC(O)c2ccccc2C)C12CCC2. The van der Waals surface area contributed by atoms with Crippen LogP contribution in [0.1, 0.15) is 49.8 Å². The molecule has 132 valence electrons. The minimum Gasteiger partial charge on any atom is -0.387 e. The van der Waals surface area contributed by atoms with Gasteiger partial charge in [-0.1, -0.05) is 30.7 Å². The smallest absolute Gasteiger partial charge is 0.315 e. The van der Waals surface area contributed by atoms with E-state index in [1.807, 2.05) is 38.1 Å². The second-order valence-electron chi connectivity index (χ2n) is 7.05. The average Bonchev–Trinajstić information content (AvgIpc) is 2.50. The van der Waals surface area contributed by atoms with Gasteiger partial charge in [0.05, 0.1) is 12.2 Å². The summed E-state index contributed by atoms with van der Waals surface area (Å²) in [5, 5.41) is 16.1. The van der Waals surface area contributed by atoms with E-state index >= 15 is 0 Å². The van der Waals surface area contributed by atoms with E-state index in [2.05, 4.69) is 10.6 Å². The number of aliphatic hydroxyl groups is 1. The molecule has 2 saturated carbocycles. The molecule has 0 saturated heterocycles. The lowest BCUT2D eigenvalue weighted by Gasteiger charge is -2.60. The third kappa shape index (κ3) is 3.15. The first-order chi connectivity index (χ1) is 11.6. The maximum atomic E-state index is 12.2. The number of aliphatic hydroxyl groups excluding tert-OH is 1. The fourth-order valence-corrected chi connectivity index (χ4v) is 4.11. The first kappa shape index (κ1) is 17.2. The standard InChI is InChI=1S/C19H28N2O3/c1-3-24-17-11-16(19(17)9-6-10-19)21-18(23)20-12-15(22)14-8-5-4-7-13(14)2/h4-5,7-8,15-17,22H,3,6,9-12H2,1-2H3,(H2,20,21,23). The van der Waals surface area contributed by atoms with Crippen LogP contribution in [0.4, 0.5) is 4.79 Å². The van der Waals surface area contributed by atoms with Crippen LogP contribution in [0.15, 0.2) is 24.3 Å². The number of carbonyl (C=O) groups excluding carboxylic acids is 1. The van der Waals surface area contributed by atoms with Gasteiger partial charge in [-0.2, -0.15) is 0 Å². The molecule has 0 aliphatic heterocycles. The van der Waals surface area contributed by atoms with Gasteiger partial charge >= 0.3 is 6.03 Å². The summed E-state index contributed by atoms with van der Waals surface area (Å²) in [5.41, 5.74) is 2.04. The van der Waals surface area contributed by atoms with Gasteiger partial charge in [0.25, 0.3) is 0 Å². The van der Waals surface area contributed by atoms with E-state index in [0.29, 0.717) is 6.10 Å². The molecule has 1 aromatic rings. The Labute approximate surface area is 143 Å². The molecule has 5 heteroatoms. The molecule has 2 fully saturated rings. The van der Waals surface area contributed by atoms with Gasteiger partial charge in [0.2, 0.25) is 0 Å². The summed E-state index contributed by atoms with van der Waals surface area (Å²) in [4.78, 5) is 12.2. The van der Waals surface area contributed by atoms with Crippen LogP contribution in [0.3, 0.4) is 0 Å². The van der Waals surface area contributed by atoms with Crippen molar-refractivity contribution in [3.8, 4) is 0 Å². The molecule has 1 aromatic carbocycles. The van der Waals surface area contributed by atoms with E-state index in [9.17, 15) is 9.90 Å². The second kappa shape index (κ2) is 7.11. The molecule has 2 aliphatic rings. The summed E-state index contributed by atoms with van der Waals surface area (Å²) < 4.78 is 5.80. The Morgan fingerprint density at radius 1 is 1.42 bits per heavy atom. The molecule has 2 aliphatic carbocycles. The highest BCUT2D eigenvalue weighted by Crippen LogP contribution is 2.57. The van der Waals surface area contributed by atoms with Crippen molar-refractivity contribution in [2.45, 2.75) is 57.8 Å². The average molecular weight is 332 g/mol. The van der Waals surface area contributed by atoms with E-state index < -0.39 is 6.10 Å². The largest absolute Gasteiger partial charge is 0.387 e. The molecule has 0 heterocycles. The lowest BCUT2D eigenvalue weighted by Crippen LogP contribution is -2.68. The molecule has 3 atom stereocenters. The number of carbonyl (C=O) groups is 1. The Bertz CT molecular complexity index is 586. The zero-order valence-corrected chi connectivity index (χ0v) is 14.5. The van der Waals surface area contributed by atoms with Gasteiger partial charge in [0.15, 0.2) is 0 Å². The van der Waals surface area contributed by atoms with Crippen LogP contribution in [0, 0.1) is 12.3 Å².